The third-order valence-corrected chi connectivity index (χ3v) is 3.24. The fourth-order valence-corrected chi connectivity index (χ4v) is 2.27. The molecule has 0 unspecified atom stereocenters. The van der Waals surface area contributed by atoms with E-state index in [1.807, 2.05) is 56.3 Å². The van der Waals surface area contributed by atoms with Gasteiger partial charge in [-0.25, -0.2) is 0 Å². The zero-order valence-electron chi connectivity index (χ0n) is 11.4. The fraction of sp³-hybridized carbons (Fsp3) is 0.188. The average Bonchev–Trinajstić information content (AvgIpc) is 2.40. The summed E-state index contributed by atoms with van der Waals surface area (Å²) in [5.74, 6) is 0.688. The second-order valence-corrected chi connectivity index (χ2v) is 5.90. The zero-order valence-corrected chi connectivity index (χ0v) is 13.5. The quantitative estimate of drug-likeness (QED) is 0.801. The molecule has 0 radical (unpaired) electrons. The first-order valence-electron chi connectivity index (χ1n) is 6.38. The molecule has 1 amide bonds. The lowest BCUT2D eigenvalue weighted by Gasteiger charge is -2.10. The molecule has 2 aromatic carbocycles. The summed E-state index contributed by atoms with van der Waals surface area (Å²) in [6.45, 7) is 3.96. The van der Waals surface area contributed by atoms with Gasteiger partial charge in [-0.3, -0.25) is 4.79 Å². The van der Waals surface area contributed by atoms with Crippen molar-refractivity contribution in [2.45, 2.75) is 20.0 Å². The van der Waals surface area contributed by atoms with Crippen LogP contribution in [0.1, 0.15) is 24.2 Å². The standard InChI is InChI=1S/C16H16INO2/c1-11(2)20-15-8-6-14(7-9-15)18-16(19)12-4-3-5-13(17)10-12/h3-11H,1-2H3,(H,18,19). The molecule has 3 nitrogen and oxygen atoms in total. The first kappa shape index (κ1) is 14.8. The zero-order chi connectivity index (χ0) is 14.5. The largest absolute Gasteiger partial charge is 0.491 e. The van der Waals surface area contributed by atoms with Crippen LogP contribution in [-0.2, 0) is 0 Å². The molecule has 2 aromatic rings. The van der Waals surface area contributed by atoms with Gasteiger partial charge in [-0.1, -0.05) is 6.07 Å². The maximum atomic E-state index is 12.1. The number of carbonyl (C=O) groups excluding carboxylic acids is 1. The van der Waals surface area contributed by atoms with Gasteiger partial charge in [0.25, 0.3) is 5.91 Å². The number of ether oxygens (including phenoxy) is 1. The Bertz CT molecular complexity index is 594. The van der Waals surface area contributed by atoms with Crippen LogP contribution in [0.4, 0.5) is 5.69 Å². The molecule has 0 fully saturated rings. The van der Waals surface area contributed by atoms with E-state index in [4.69, 9.17) is 4.74 Å². The first-order chi connectivity index (χ1) is 9.54. The minimum atomic E-state index is -0.110. The molecule has 1 N–H and O–H groups in total. The van der Waals surface area contributed by atoms with E-state index >= 15 is 0 Å². The predicted octanol–water partition coefficient (Wildman–Crippen LogP) is 4.33. The molecule has 0 saturated carbocycles. The number of hydrogen-bond donors (Lipinski definition) is 1. The molecule has 0 aliphatic heterocycles. The highest BCUT2D eigenvalue weighted by Crippen LogP contribution is 2.18. The fourth-order valence-electron chi connectivity index (χ4n) is 1.72. The minimum Gasteiger partial charge on any atom is -0.491 e. The van der Waals surface area contributed by atoms with Crippen molar-refractivity contribution in [3.63, 3.8) is 0 Å². The summed E-state index contributed by atoms with van der Waals surface area (Å²) in [6.07, 6.45) is 0.141. The van der Waals surface area contributed by atoms with E-state index in [1.165, 1.54) is 0 Å². The van der Waals surface area contributed by atoms with Gasteiger partial charge in [-0.05, 0) is 78.9 Å². The molecule has 0 spiro atoms. The molecule has 20 heavy (non-hydrogen) atoms. The van der Waals surface area contributed by atoms with Crippen molar-refractivity contribution in [1.82, 2.24) is 0 Å². The van der Waals surface area contributed by atoms with Crippen LogP contribution in [-0.4, -0.2) is 12.0 Å². The van der Waals surface area contributed by atoms with Crippen LogP contribution < -0.4 is 10.1 Å². The molecule has 0 saturated heterocycles. The second-order valence-electron chi connectivity index (χ2n) is 4.66. The highest BCUT2D eigenvalue weighted by atomic mass is 127. The second kappa shape index (κ2) is 6.74. The van der Waals surface area contributed by atoms with Crippen molar-refractivity contribution < 1.29 is 9.53 Å². The molecule has 0 bridgehead atoms. The van der Waals surface area contributed by atoms with Gasteiger partial charge >= 0.3 is 0 Å². The molecule has 0 heterocycles. The van der Waals surface area contributed by atoms with E-state index in [9.17, 15) is 4.79 Å². The molecule has 104 valence electrons. The first-order valence-corrected chi connectivity index (χ1v) is 7.46. The van der Waals surface area contributed by atoms with Crippen LogP contribution in [0.25, 0.3) is 0 Å². The molecule has 0 aliphatic carbocycles. The highest BCUT2D eigenvalue weighted by Gasteiger charge is 2.06. The highest BCUT2D eigenvalue weighted by molar-refractivity contribution is 14.1. The van der Waals surface area contributed by atoms with Gasteiger partial charge in [0.05, 0.1) is 6.10 Å². The number of amides is 1. The summed E-state index contributed by atoms with van der Waals surface area (Å²) in [6, 6.07) is 14.9. The number of benzene rings is 2. The van der Waals surface area contributed by atoms with Crippen LogP contribution >= 0.6 is 22.6 Å². The Morgan fingerprint density at radius 2 is 1.85 bits per heavy atom. The van der Waals surface area contributed by atoms with Gasteiger partial charge in [-0.15, -0.1) is 0 Å². The van der Waals surface area contributed by atoms with Crippen LogP contribution in [0.3, 0.4) is 0 Å². The maximum absolute atomic E-state index is 12.1. The van der Waals surface area contributed by atoms with Crippen molar-refractivity contribution in [3.05, 3.63) is 57.7 Å². The molecular weight excluding hydrogens is 365 g/mol. The number of rotatable bonds is 4. The van der Waals surface area contributed by atoms with E-state index < -0.39 is 0 Å². The summed E-state index contributed by atoms with van der Waals surface area (Å²) in [5, 5.41) is 2.87. The van der Waals surface area contributed by atoms with Crippen LogP contribution in [0.5, 0.6) is 5.75 Å². The van der Waals surface area contributed by atoms with Crippen molar-refractivity contribution in [1.29, 1.82) is 0 Å². The Morgan fingerprint density at radius 3 is 2.45 bits per heavy atom. The van der Waals surface area contributed by atoms with E-state index in [-0.39, 0.29) is 12.0 Å². The Hall–Kier alpha value is -1.56. The summed E-state index contributed by atoms with van der Waals surface area (Å²) >= 11 is 2.19. The van der Waals surface area contributed by atoms with Crippen LogP contribution in [0, 0.1) is 3.57 Å². The SMILES string of the molecule is CC(C)Oc1ccc(NC(=O)c2cccc(I)c2)cc1. The van der Waals surface area contributed by atoms with E-state index in [2.05, 4.69) is 27.9 Å². The lowest BCUT2D eigenvalue weighted by atomic mass is 10.2. The van der Waals surface area contributed by atoms with Gasteiger partial charge in [0.2, 0.25) is 0 Å². The molecule has 2 rings (SSSR count). The average molecular weight is 381 g/mol. The number of halogens is 1. The smallest absolute Gasteiger partial charge is 0.255 e. The lowest BCUT2D eigenvalue weighted by molar-refractivity contribution is 0.102. The third kappa shape index (κ3) is 4.23. The summed E-state index contributed by atoms with van der Waals surface area (Å²) in [7, 11) is 0. The van der Waals surface area contributed by atoms with Gasteiger partial charge in [0.15, 0.2) is 0 Å². The van der Waals surface area contributed by atoms with Crippen LogP contribution in [0.2, 0.25) is 0 Å². The predicted molar refractivity (Wildman–Crippen MR) is 89.3 cm³/mol. The van der Waals surface area contributed by atoms with Crippen molar-refractivity contribution >= 4 is 34.2 Å². The Morgan fingerprint density at radius 1 is 1.15 bits per heavy atom. The Balaban J connectivity index is 2.04. The molecule has 0 aliphatic rings. The van der Waals surface area contributed by atoms with Gasteiger partial charge in [-0.2, -0.15) is 0 Å². The molecule has 0 aromatic heterocycles. The van der Waals surface area contributed by atoms with E-state index in [1.54, 1.807) is 6.07 Å². The Kier molecular flexibility index (Phi) is 5.00. The van der Waals surface area contributed by atoms with Crippen LogP contribution in [0.15, 0.2) is 48.5 Å². The molecular formula is C16H16INO2. The van der Waals surface area contributed by atoms with E-state index in [0.717, 1.165) is 15.0 Å². The summed E-state index contributed by atoms with van der Waals surface area (Å²) in [5.41, 5.74) is 1.41. The van der Waals surface area contributed by atoms with Gasteiger partial charge < -0.3 is 10.1 Å². The van der Waals surface area contributed by atoms with Crippen molar-refractivity contribution in [2.75, 3.05) is 5.32 Å². The Labute approximate surface area is 132 Å². The number of hydrogen-bond acceptors (Lipinski definition) is 2. The maximum Gasteiger partial charge on any atom is 0.255 e. The number of carbonyl (C=O) groups is 1. The topological polar surface area (TPSA) is 38.3 Å². The monoisotopic (exact) mass is 381 g/mol. The minimum absolute atomic E-state index is 0.110. The third-order valence-electron chi connectivity index (χ3n) is 2.57. The van der Waals surface area contributed by atoms with E-state index in [0.29, 0.717) is 5.56 Å². The number of anilines is 1. The normalized spacial score (nSPS) is 10.4. The summed E-state index contributed by atoms with van der Waals surface area (Å²) in [4.78, 5) is 12.1. The van der Waals surface area contributed by atoms with Crippen molar-refractivity contribution in [3.8, 4) is 5.75 Å². The molecule has 4 heteroatoms. The van der Waals surface area contributed by atoms with Gasteiger partial charge in [0, 0.05) is 14.8 Å². The lowest BCUT2D eigenvalue weighted by Crippen LogP contribution is -2.12. The van der Waals surface area contributed by atoms with Gasteiger partial charge in [0.1, 0.15) is 5.75 Å². The number of nitrogens with one attached hydrogen (secondary N) is 1. The molecule has 0 atom stereocenters. The summed E-state index contributed by atoms with van der Waals surface area (Å²) < 4.78 is 6.60. The van der Waals surface area contributed by atoms with Crippen molar-refractivity contribution in [2.24, 2.45) is 0 Å².